The third-order valence-electron chi connectivity index (χ3n) is 6.98. The van der Waals surface area contributed by atoms with Gasteiger partial charge in [-0.3, -0.25) is 4.90 Å². The normalized spacial score (nSPS) is 30.3. The number of nitrogens with one attached hydrogen (secondary N) is 1. The molecule has 1 N–H and O–H groups in total. The number of carbonyl (C=O) groups excluding carboxylic acids is 1. The molecule has 1 saturated carbocycles. The summed E-state index contributed by atoms with van der Waals surface area (Å²) in [6, 6.07) is 0.650. The highest BCUT2D eigenvalue weighted by molar-refractivity contribution is 7.88. The minimum absolute atomic E-state index is 0.0170. The molecule has 2 fully saturated rings. The predicted octanol–water partition coefficient (Wildman–Crippen LogP) is 3.44. The first kappa shape index (κ1) is 26.9. The molecule has 9 nitrogen and oxygen atoms in total. The molecule has 13 heteroatoms. The summed E-state index contributed by atoms with van der Waals surface area (Å²) in [5, 5.41) is 0. The molecule has 0 unspecified atom stereocenters. The van der Waals surface area contributed by atoms with Crippen molar-refractivity contribution >= 4 is 16.1 Å². The van der Waals surface area contributed by atoms with Crippen molar-refractivity contribution in [2.75, 3.05) is 26.1 Å². The van der Waals surface area contributed by atoms with E-state index in [-0.39, 0.29) is 50.2 Å². The summed E-state index contributed by atoms with van der Waals surface area (Å²) < 4.78 is 84.0. The molecule has 1 amide bonds. The molecule has 1 aromatic rings. The van der Waals surface area contributed by atoms with Gasteiger partial charge < -0.3 is 14.2 Å². The van der Waals surface area contributed by atoms with Crippen LogP contribution in [0, 0.1) is 0 Å². The summed E-state index contributed by atoms with van der Waals surface area (Å²) in [6.07, 6.45) is -1.13. The summed E-state index contributed by atoms with van der Waals surface area (Å²) in [5.74, 6) is -0.255. The van der Waals surface area contributed by atoms with Crippen LogP contribution in [0.4, 0.5) is 18.0 Å². The van der Waals surface area contributed by atoms with Gasteiger partial charge in [-0.05, 0) is 45.1 Å². The molecule has 4 heterocycles. The standard InChI is InChI=1S/C23H32F3N3O6S/c1-14-10-19(28-36(2,31)32)20-13-35-17-6-4-15(5-7-17)18-11-16(23(24,25)26)12-21(27-18)33-8-3-9-34-22(30)29(14)20/h11-12,14-15,17,19-20,28H,3-10,13H2,1-2H3/t14-,15?,17?,19+,20+/m1/s1. The van der Waals surface area contributed by atoms with Gasteiger partial charge in [0.2, 0.25) is 15.9 Å². The smallest absolute Gasteiger partial charge is 0.416 e. The second-order valence-corrected chi connectivity index (χ2v) is 11.6. The number of amides is 1. The first-order valence-corrected chi connectivity index (χ1v) is 14.1. The molecule has 1 aliphatic carbocycles. The van der Waals surface area contributed by atoms with Crippen molar-refractivity contribution < 1.29 is 40.6 Å². The Balaban J connectivity index is 1.55. The first-order valence-electron chi connectivity index (χ1n) is 12.2. The number of aromatic nitrogens is 1. The number of hydrogen-bond donors (Lipinski definition) is 1. The zero-order valence-corrected chi connectivity index (χ0v) is 21.1. The Morgan fingerprint density at radius 2 is 1.81 bits per heavy atom. The summed E-state index contributed by atoms with van der Waals surface area (Å²) in [5.41, 5.74) is -0.452. The molecule has 0 radical (unpaired) electrons. The van der Waals surface area contributed by atoms with E-state index in [0.29, 0.717) is 37.8 Å². The van der Waals surface area contributed by atoms with Crippen LogP contribution in [0.5, 0.6) is 5.88 Å². The maximum atomic E-state index is 13.5. The van der Waals surface area contributed by atoms with Gasteiger partial charge >= 0.3 is 12.3 Å². The molecule has 1 saturated heterocycles. The van der Waals surface area contributed by atoms with Crippen LogP contribution in [-0.4, -0.2) is 74.7 Å². The van der Waals surface area contributed by atoms with Gasteiger partial charge in [-0.2, -0.15) is 13.2 Å². The minimum atomic E-state index is -4.52. The zero-order valence-electron chi connectivity index (χ0n) is 20.3. The van der Waals surface area contributed by atoms with Crippen LogP contribution < -0.4 is 9.46 Å². The Labute approximate surface area is 208 Å². The third-order valence-corrected chi connectivity index (χ3v) is 7.71. The van der Waals surface area contributed by atoms with Gasteiger partial charge in [-0.15, -0.1) is 0 Å². The van der Waals surface area contributed by atoms with E-state index in [1.165, 1.54) is 4.90 Å². The lowest BCUT2D eigenvalue weighted by molar-refractivity contribution is -0.137. The van der Waals surface area contributed by atoms with Crippen LogP contribution in [0.1, 0.15) is 62.6 Å². The van der Waals surface area contributed by atoms with Gasteiger partial charge in [-0.1, -0.05) is 0 Å². The molecule has 5 rings (SSSR count). The highest BCUT2D eigenvalue weighted by Gasteiger charge is 2.44. The molecule has 3 aliphatic heterocycles. The van der Waals surface area contributed by atoms with Crippen molar-refractivity contribution in [1.29, 1.82) is 0 Å². The molecule has 4 aliphatic rings. The maximum absolute atomic E-state index is 13.5. The average Bonchev–Trinajstić information content (AvgIpc) is 3.09. The van der Waals surface area contributed by atoms with E-state index in [0.717, 1.165) is 18.4 Å². The van der Waals surface area contributed by atoms with E-state index in [9.17, 15) is 26.4 Å². The molecule has 4 bridgehead atoms. The maximum Gasteiger partial charge on any atom is 0.416 e. The van der Waals surface area contributed by atoms with E-state index in [4.69, 9.17) is 14.2 Å². The van der Waals surface area contributed by atoms with Crippen LogP contribution in [0.2, 0.25) is 0 Å². The predicted molar refractivity (Wildman–Crippen MR) is 123 cm³/mol. The Hall–Kier alpha value is -2.12. The lowest BCUT2D eigenvalue weighted by Gasteiger charge is -2.33. The summed E-state index contributed by atoms with van der Waals surface area (Å²) >= 11 is 0. The SMILES string of the molecule is C[C@@H]1C[C@H](NS(C)(=O)=O)[C@@H]2COC3CCC(CC3)c3cc(C(F)(F)F)cc(n3)OCCCOC(=O)N12. The van der Waals surface area contributed by atoms with Gasteiger partial charge in [0, 0.05) is 36.2 Å². The highest BCUT2D eigenvalue weighted by atomic mass is 32.2. The number of rotatable bonds is 2. The van der Waals surface area contributed by atoms with Crippen molar-refractivity contribution in [1.82, 2.24) is 14.6 Å². The van der Waals surface area contributed by atoms with Crippen molar-refractivity contribution in [3.8, 4) is 5.88 Å². The highest BCUT2D eigenvalue weighted by Crippen LogP contribution is 2.38. The molecule has 202 valence electrons. The second-order valence-electron chi connectivity index (χ2n) is 9.80. The van der Waals surface area contributed by atoms with E-state index in [1.54, 1.807) is 0 Å². The Bertz CT molecular complexity index is 1050. The summed E-state index contributed by atoms with van der Waals surface area (Å²) in [7, 11) is -3.51. The van der Waals surface area contributed by atoms with E-state index in [1.807, 2.05) is 6.92 Å². The van der Waals surface area contributed by atoms with Gasteiger partial charge in [-0.25, -0.2) is 22.9 Å². The summed E-state index contributed by atoms with van der Waals surface area (Å²) in [6.45, 7) is 1.95. The average molecular weight is 536 g/mol. The van der Waals surface area contributed by atoms with Crippen LogP contribution in [-0.2, 0) is 25.7 Å². The fourth-order valence-corrected chi connectivity index (χ4v) is 6.08. The number of sulfonamides is 1. The monoisotopic (exact) mass is 535 g/mol. The van der Waals surface area contributed by atoms with Crippen molar-refractivity contribution in [2.24, 2.45) is 0 Å². The number of pyridine rings is 1. The van der Waals surface area contributed by atoms with Gasteiger partial charge in [0.1, 0.15) is 0 Å². The summed E-state index contributed by atoms with van der Waals surface area (Å²) in [4.78, 5) is 18.8. The van der Waals surface area contributed by atoms with Crippen molar-refractivity contribution in [2.45, 2.75) is 81.8 Å². The van der Waals surface area contributed by atoms with Crippen molar-refractivity contribution in [3.05, 3.63) is 23.4 Å². The van der Waals surface area contributed by atoms with E-state index in [2.05, 4.69) is 9.71 Å². The van der Waals surface area contributed by atoms with Crippen LogP contribution in [0.15, 0.2) is 12.1 Å². The lowest BCUT2D eigenvalue weighted by Crippen LogP contribution is -2.50. The number of fused-ring (bicyclic) bond motifs is 8. The van der Waals surface area contributed by atoms with E-state index < -0.39 is 39.9 Å². The number of hydrogen-bond acceptors (Lipinski definition) is 7. The lowest BCUT2D eigenvalue weighted by atomic mass is 9.84. The fraction of sp³-hybridized carbons (Fsp3) is 0.739. The number of alkyl halides is 3. The number of halogens is 3. The molecule has 1 aromatic heterocycles. The molecular weight excluding hydrogens is 503 g/mol. The van der Waals surface area contributed by atoms with Gasteiger partial charge in [0.15, 0.2) is 0 Å². The fourth-order valence-electron chi connectivity index (χ4n) is 5.27. The zero-order chi connectivity index (χ0) is 26.1. The second kappa shape index (κ2) is 10.7. The molecule has 3 atom stereocenters. The van der Waals surface area contributed by atoms with Crippen LogP contribution >= 0.6 is 0 Å². The van der Waals surface area contributed by atoms with Gasteiger partial charge in [0.25, 0.3) is 0 Å². The molecule has 36 heavy (non-hydrogen) atoms. The first-order chi connectivity index (χ1) is 16.9. The minimum Gasteiger partial charge on any atom is -0.478 e. The van der Waals surface area contributed by atoms with Gasteiger partial charge in [0.05, 0.1) is 43.8 Å². The quantitative estimate of drug-likeness (QED) is 0.618. The number of nitrogens with zero attached hydrogens (tertiary/aromatic N) is 2. The van der Waals surface area contributed by atoms with Crippen LogP contribution in [0.3, 0.4) is 0 Å². The Morgan fingerprint density at radius 3 is 2.47 bits per heavy atom. The van der Waals surface area contributed by atoms with Crippen LogP contribution in [0.25, 0.3) is 0 Å². The molecule has 0 spiro atoms. The Morgan fingerprint density at radius 1 is 1.11 bits per heavy atom. The topological polar surface area (TPSA) is 107 Å². The number of carbonyl (C=O) groups is 1. The molecular formula is C23H32F3N3O6S. The van der Waals surface area contributed by atoms with E-state index >= 15 is 0 Å². The molecule has 0 aromatic carbocycles. The number of ether oxygens (including phenoxy) is 3. The largest absolute Gasteiger partial charge is 0.478 e. The van der Waals surface area contributed by atoms with Crippen molar-refractivity contribution in [3.63, 3.8) is 0 Å². The third kappa shape index (κ3) is 6.60. The Kier molecular flexibility index (Phi) is 8.01.